The van der Waals surface area contributed by atoms with Gasteiger partial charge in [0.1, 0.15) is 0 Å². The van der Waals surface area contributed by atoms with Gasteiger partial charge >= 0.3 is 0 Å². The van der Waals surface area contributed by atoms with E-state index in [1.54, 1.807) is 0 Å². The molecule has 0 fully saturated rings. The second kappa shape index (κ2) is 3.82. The van der Waals surface area contributed by atoms with Crippen LogP contribution >= 0.6 is 0 Å². The number of hydrogen-bond acceptors (Lipinski definition) is 1. The van der Waals surface area contributed by atoms with Gasteiger partial charge in [-0.2, -0.15) is 5.26 Å². The highest BCUT2D eigenvalue weighted by Gasteiger charge is 2.04. The Labute approximate surface area is 66.9 Å². The molecule has 2 heteroatoms. The molecule has 1 unspecified atom stereocenters. The third-order valence-electron chi connectivity index (χ3n) is 1.80. The van der Waals surface area contributed by atoms with Gasteiger partial charge in [0.15, 0.2) is 0 Å². The third-order valence-corrected chi connectivity index (χ3v) is 1.80. The molecule has 1 atom stereocenters. The number of H-pyrrole nitrogens is 1. The van der Waals surface area contributed by atoms with Crippen LogP contribution in [0, 0.1) is 17.2 Å². The van der Waals surface area contributed by atoms with Gasteiger partial charge in [0.25, 0.3) is 0 Å². The molecule has 0 saturated carbocycles. The van der Waals surface area contributed by atoms with Crippen LogP contribution in [0.25, 0.3) is 0 Å². The summed E-state index contributed by atoms with van der Waals surface area (Å²) in [6, 6.07) is 6.24. The zero-order chi connectivity index (χ0) is 8.10. The quantitative estimate of drug-likeness (QED) is 0.700. The van der Waals surface area contributed by atoms with E-state index >= 15 is 0 Å². The Morgan fingerprint density at radius 1 is 1.73 bits per heavy atom. The highest BCUT2D eigenvalue weighted by molar-refractivity contribution is 5.06. The minimum atomic E-state index is 0.161. The molecule has 1 aromatic heterocycles. The molecule has 0 radical (unpaired) electrons. The Morgan fingerprint density at radius 2 is 2.55 bits per heavy atom. The fourth-order valence-electron chi connectivity index (χ4n) is 1.04. The lowest BCUT2D eigenvalue weighted by Crippen LogP contribution is -1.99. The monoisotopic (exact) mass is 148 g/mol. The van der Waals surface area contributed by atoms with Gasteiger partial charge in [0.2, 0.25) is 0 Å². The van der Waals surface area contributed by atoms with Gasteiger partial charge in [-0.25, -0.2) is 0 Å². The van der Waals surface area contributed by atoms with Crippen LogP contribution in [0.2, 0.25) is 0 Å². The molecule has 1 N–H and O–H groups in total. The van der Waals surface area contributed by atoms with Gasteiger partial charge in [-0.3, -0.25) is 0 Å². The number of nitrogens with zero attached hydrogens (tertiary/aromatic N) is 1. The Morgan fingerprint density at radius 3 is 3.00 bits per heavy atom. The molecule has 58 valence electrons. The summed E-state index contributed by atoms with van der Waals surface area (Å²) in [6.07, 6.45) is 3.66. The third kappa shape index (κ3) is 2.12. The van der Waals surface area contributed by atoms with Crippen LogP contribution in [-0.4, -0.2) is 4.98 Å². The normalized spacial score (nSPS) is 12.4. The topological polar surface area (TPSA) is 39.6 Å². The highest BCUT2D eigenvalue weighted by Crippen LogP contribution is 2.08. The van der Waals surface area contributed by atoms with E-state index in [0.29, 0.717) is 0 Å². The molecule has 0 amide bonds. The molecule has 0 saturated heterocycles. The lowest BCUT2D eigenvalue weighted by atomic mass is 10.0. The Balaban J connectivity index is 2.49. The lowest BCUT2D eigenvalue weighted by Gasteiger charge is -2.01. The SMILES string of the molecule is CCC(C#N)Cc1ccc[nH]1. The summed E-state index contributed by atoms with van der Waals surface area (Å²) in [5, 5.41) is 8.66. The van der Waals surface area contributed by atoms with Gasteiger partial charge in [-0.05, 0) is 18.6 Å². The first-order valence-electron chi connectivity index (χ1n) is 3.88. The Bertz CT molecular complexity index is 231. The summed E-state index contributed by atoms with van der Waals surface area (Å²) < 4.78 is 0. The van der Waals surface area contributed by atoms with Crippen LogP contribution in [0.1, 0.15) is 19.0 Å². The molecule has 11 heavy (non-hydrogen) atoms. The molecule has 1 aromatic rings. The molecule has 1 rings (SSSR count). The molecular weight excluding hydrogens is 136 g/mol. The van der Waals surface area contributed by atoms with Crippen molar-refractivity contribution in [3.63, 3.8) is 0 Å². The molecule has 0 aromatic carbocycles. The maximum Gasteiger partial charge on any atom is 0.0659 e. The van der Waals surface area contributed by atoms with Crippen LogP contribution in [0.5, 0.6) is 0 Å². The smallest absolute Gasteiger partial charge is 0.0659 e. The van der Waals surface area contributed by atoms with Crippen LogP contribution in [0.3, 0.4) is 0 Å². The number of aromatic nitrogens is 1. The predicted octanol–water partition coefficient (Wildman–Crippen LogP) is 2.11. The van der Waals surface area contributed by atoms with Crippen LogP contribution in [0.15, 0.2) is 18.3 Å². The molecule has 0 bridgehead atoms. The summed E-state index contributed by atoms with van der Waals surface area (Å²) in [5.41, 5.74) is 1.15. The van der Waals surface area contributed by atoms with E-state index < -0.39 is 0 Å². The van der Waals surface area contributed by atoms with Gasteiger partial charge in [-0.1, -0.05) is 6.92 Å². The molecule has 1 heterocycles. The van der Waals surface area contributed by atoms with Gasteiger partial charge in [0, 0.05) is 18.3 Å². The Hall–Kier alpha value is -1.23. The van der Waals surface area contributed by atoms with Crippen molar-refractivity contribution in [2.24, 2.45) is 5.92 Å². The van der Waals surface area contributed by atoms with Crippen molar-refractivity contribution in [1.29, 1.82) is 5.26 Å². The molecule has 2 nitrogen and oxygen atoms in total. The second-order valence-corrected chi connectivity index (χ2v) is 2.63. The van der Waals surface area contributed by atoms with Crippen LogP contribution in [-0.2, 0) is 6.42 Å². The van der Waals surface area contributed by atoms with E-state index in [0.717, 1.165) is 18.5 Å². The zero-order valence-corrected chi connectivity index (χ0v) is 6.67. The van der Waals surface area contributed by atoms with Gasteiger partial charge < -0.3 is 4.98 Å². The minimum Gasteiger partial charge on any atom is -0.365 e. The zero-order valence-electron chi connectivity index (χ0n) is 6.67. The summed E-state index contributed by atoms with van der Waals surface area (Å²) >= 11 is 0. The average Bonchev–Trinajstić information content (AvgIpc) is 2.52. The average molecular weight is 148 g/mol. The number of nitrogens with one attached hydrogen (secondary N) is 1. The number of aromatic amines is 1. The summed E-state index contributed by atoms with van der Waals surface area (Å²) in [4.78, 5) is 3.09. The largest absolute Gasteiger partial charge is 0.365 e. The van der Waals surface area contributed by atoms with Crippen LogP contribution in [0.4, 0.5) is 0 Å². The first-order valence-corrected chi connectivity index (χ1v) is 3.88. The van der Waals surface area contributed by atoms with E-state index in [1.807, 2.05) is 25.3 Å². The van der Waals surface area contributed by atoms with Crippen molar-refractivity contribution < 1.29 is 0 Å². The molecule has 0 spiro atoms. The molecular formula is C9H12N2. The summed E-state index contributed by atoms with van der Waals surface area (Å²) in [7, 11) is 0. The van der Waals surface area contributed by atoms with E-state index in [-0.39, 0.29) is 5.92 Å². The summed E-state index contributed by atoms with van der Waals surface area (Å²) in [6.45, 7) is 2.04. The first kappa shape index (κ1) is 7.87. The number of nitriles is 1. The summed E-state index contributed by atoms with van der Waals surface area (Å²) in [5.74, 6) is 0.161. The van der Waals surface area contributed by atoms with Crippen molar-refractivity contribution in [3.8, 4) is 6.07 Å². The van der Waals surface area contributed by atoms with Crippen LogP contribution < -0.4 is 0 Å². The minimum absolute atomic E-state index is 0.161. The van der Waals surface area contributed by atoms with E-state index in [1.165, 1.54) is 0 Å². The fourth-order valence-corrected chi connectivity index (χ4v) is 1.04. The fraction of sp³-hybridized carbons (Fsp3) is 0.444. The predicted molar refractivity (Wildman–Crippen MR) is 43.9 cm³/mol. The Kier molecular flexibility index (Phi) is 2.74. The standard InChI is InChI=1S/C9H12N2/c1-2-8(7-10)6-9-4-3-5-11-9/h3-5,8,11H,2,6H2,1H3. The lowest BCUT2D eigenvalue weighted by molar-refractivity contribution is 0.630. The highest BCUT2D eigenvalue weighted by atomic mass is 14.7. The van der Waals surface area contributed by atoms with Crippen molar-refractivity contribution in [1.82, 2.24) is 4.98 Å². The number of rotatable bonds is 3. The molecule has 0 aliphatic carbocycles. The maximum atomic E-state index is 8.66. The van der Waals surface area contributed by atoms with E-state index in [2.05, 4.69) is 11.1 Å². The van der Waals surface area contributed by atoms with Crippen molar-refractivity contribution >= 4 is 0 Å². The first-order chi connectivity index (χ1) is 5.36. The van der Waals surface area contributed by atoms with E-state index in [9.17, 15) is 0 Å². The molecule has 0 aliphatic heterocycles. The van der Waals surface area contributed by atoms with Crippen molar-refractivity contribution in [2.75, 3.05) is 0 Å². The van der Waals surface area contributed by atoms with Crippen molar-refractivity contribution in [3.05, 3.63) is 24.0 Å². The second-order valence-electron chi connectivity index (χ2n) is 2.63. The van der Waals surface area contributed by atoms with Crippen molar-refractivity contribution in [2.45, 2.75) is 19.8 Å². The van der Waals surface area contributed by atoms with E-state index in [4.69, 9.17) is 5.26 Å². The number of hydrogen-bond donors (Lipinski definition) is 1. The van der Waals surface area contributed by atoms with Gasteiger partial charge in [-0.15, -0.1) is 0 Å². The maximum absolute atomic E-state index is 8.66. The van der Waals surface area contributed by atoms with Gasteiger partial charge in [0.05, 0.1) is 12.0 Å². The molecule has 0 aliphatic rings.